The van der Waals surface area contributed by atoms with Gasteiger partial charge in [-0.3, -0.25) is 14.4 Å². The fourth-order valence-electron chi connectivity index (χ4n) is 1.65. The second kappa shape index (κ2) is 5.25. The third kappa shape index (κ3) is 3.36. The lowest BCUT2D eigenvalue weighted by atomic mass is 9.83. The molecular weight excluding hydrogens is 228 g/mol. The maximum atomic E-state index is 12.2. The molecule has 18 heavy (non-hydrogen) atoms. The summed E-state index contributed by atoms with van der Waals surface area (Å²) in [5.41, 5.74) is 0.191. The Morgan fingerprint density at radius 1 is 1.00 bits per heavy atom. The number of rotatable bonds is 4. The van der Waals surface area contributed by atoms with Crippen LogP contribution in [-0.2, 0) is 4.79 Å². The third-order valence-electron chi connectivity index (χ3n) is 2.56. The molecule has 0 fully saturated rings. The Balaban J connectivity index is 3.19. The van der Waals surface area contributed by atoms with E-state index in [0.29, 0.717) is 11.1 Å². The maximum Gasteiger partial charge on any atom is 0.170 e. The van der Waals surface area contributed by atoms with Crippen molar-refractivity contribution in [2.75, 3.05) is 0 Å². The summed E-state index contributed by atoms with van der Waals surface area (Å²) in [6, 6.07) is 6.67. The summed E-state index contributed by atoms with van der Waals surface area (Å²) in [6.07, 6.45) is -0.158. The fraction of sp³-hybridized carbons (Fsp3) is 0.400. The summed E-state index contributed by atoms with van der Waals surface area (Å²) in [4.78, 5) is 35.2. The minimum atomic E-state index is -0.549. The van der Waals surface area contributed by atoms with E-state index in [1.54, 1.807) is 24.3 Å². The fourth-order valence-corrected chi connectivity index (χ4v) is 1.65. The number of hydrogen-bond donors (Lipinski definition) is 0. The predicted molar refractivity (Wildman–Crippen MR) is 69.9 cm³/mol. The zero-order valence-corrected chi connectivity index (χ0v) is 11.2. The van der Waals surface area contributed by atoms with Crippen LogP contribution >= 0.6 is 0 Å². The summed E-state index contributed by atoms with van der Waals surface area (Å²) in [6.45, 7) is 6.79. The molecule has 0 heterocycles. The summed E-state index contributed by atoms with van der Waals surface area (Å²) < 4.78 is 0. The Kier molecular flexibility index (Phi) is 4.17. The summed E-state index contributed by atoms with van der Waals surface area (Å²) in [5.74, 6) is -0.580. The first kappa shape index (κ1) is 14.3. The number of carbonyl (C=O) groups excluding carboxylic acids is 3. The largest absolute Gasteiger partial charge is 0.300 e. The van der Waals surface area contributed by atoms with Crippen molar-refractivity contribution in [3.05, 3.63) is 35.4 Å². The van der Waals surface area contributed by atoms with E-state index in [2.05, 4.69) is 0 Å². The second-order valence-electron chi connectivity index (χ2n) is 5.43. The Morgan fingerprint density at radius 3 is 1.94 bits per heavy atom. The van der Waals surface area contributed by atoms with Crippen molar-refractivity contribution < 1.29 is 14.4 Å². The van der Waals surface area contributed by atoms with E-state index in [1.165, 1.54) is 6.92 Å². The van der Waals surface area contributed by atoms with Crippen LogP contribution in [0.2, 0.25) is 0 Å². The highest BCUT2D eigenvalue weighted by Gasteiger charge is 2.26. The van der Waals surface area contributed by atoms with Crippen molar-refractivity contribution in [3.8, 4) is 0 Å². The number of ketones is 3. The zero-order chi connectivity index (χ0) is 13.9. The van der Waals surface area contributed by atoms with Crippen molar-refractivity contribution in [2.24, 2.45) is 5.41 Å². The van der Waals surface area contributed by atoms with Gasteiger partial charge >= 0.3 is 0 Å². The Morgan fingerprint density at radius 2 is 1.50 bits per heavy atom. The van der Waals surface area contributed by atoms with Crippen LogP contribution in [0, 0.1) is 5.41 Å². The number of Topliss-reactive ketones (excluding diaryl/α,β-unsaturated/α-hetero) is 3. The third-order valence-corrected chi connectivity index (χ3v) is 2.56. The molecule has 0 aliphatic carbocycles. The van der Waals surface area contributed by atoms with Gasteiger partial charge in [-0.1, -0.05) is 45.0 Å². The molecule has 0 amide bonds. The highest BCUT2D eigenvalue weighted by molar-refractivity contribution is 6.14. The van der Waals surface area contributed by atoms with Crippen LogP contribution < -0.4 is 0 Å². The van der Waals surface area contributed by atoms with Crippen LogP contribution in [0.3, 0.4) is 0 Å². The van der Waals surface area contributed by atoms with Crippen LogP contribution in [-0.4, -0.2) is 17.3 Å². The zero-order valence-electron chi connectivity index (χ0n) is 11.2. The minimum absolute atomic E-state index is 0.0880. The van der Waals surface area contributed by atoms with E-state index in [9.17, 15) is 14.4 Å². The van der Waals surface area contributed by atoms with Crippen LogP contribution in [0.1, 0.15) is 54.8 Å². The highest BCUT2D eigenvalue weighted by atomic mass is 16.1. The molecule has 0 atom stereocenters. The van der Waals surface area contributed by atoms with E-state index in [4.69, 9.17) is 0 Å². The average Bonchev–Trinajstić information content (AvgIpc) is 2.26. The molecule has 3 heteroatoms. The van der Waals surface area contributed by atoms with E-state index < -0.39 is 5.41 Å². The molecular formula is C15H18O3. The van der Waals surface area contributed by atoms with E-state index >= 15 is 0 Å². The molecule has 0 bridgehead atoms. The molecule has 1 aromatic rings. The first-order valence-corrected chi connectivity index (χ1v) is 5.90. The smallest absolute Gasteiger partial charge is 0.170 e. The molecule has 0 saturated heterocycles. The van der Waals surface area contributed by atoms with Gasteiger partial charge in [0, 0.05) is 16.5 Å². The molecule has 0 spiro atoms. The van der Waals surface area contributed by atoms with Gasteiger partial charge in [-0.2, -0.15) is 0 Å². The monoisotopic (exact) mass is 246 g/mol. The Bertz CT molecular complexity index is 493. The summed E-state index contributed by atoms with van der Waals surface area (Å²) in [7, 11) is 0. The first-order chi connectivity index (χ1) is 8.23. The normalized spacial score (nSPS) is 11.1. The van der Waals surface area contributed by atoms with Crippen molar-refractivity contribution in [2.45, 2.75) is 34.1 Å². The number of benzene rings is 1. The number of carbonyl (C=O) groups is 3. The van der Waals surface area contributed by atoms with Crippen molar-refractivity contribution >= 4 is 17.3 Å². The molecule has 0 radical (unpaired) electrons. The van der Waals surface area contributed by atoms with Gasteiger partial charge in [0.2, 0.25) is 0 Å². The number of hydrogen-bond acceptors (Lipinski definition) is 3. The molecule has 0 N–H and O–H groups in total. The van der Waals surface area contributed by atoms with Gasteiger partial charge in [-0.05, 0) is 6.92 Å². The van der Waals surface area contributed by atoms with Crippen molar-refractivity contribution in [1.82, 2.24) is 0 Å². The Hall–Kier alpha value is -1.77. The first-order valence-electron chi connectivity index (χ1n) is 5.90. The van der Waals surface area contributed by atoms with Crippen LogP contribution in [0.15, 0.2) is 24.3 Å². The van der Waals surface area contributed by atoms with Crippen molar-refractivity contribution in [3.63, 3.8) is 0 Å². The predicted octanol–water partition coefficient (Wildman–Crippen LogP) is 3.08. The molecule has 0 saturated carbocycles. The SMILES string of the molecule is CC(=O)CC(=O)c1ccccc1C(=O)C(C)(C)C. The van der Waals surface area contributed by atoms with Crippen LogP contribution in [0.4, 0.5) is 0 Å². The van der Waals surface area contributed by atoms with Crippen LogP contribution in [0.25, 0.3) is 0 Å². The Labute approximate surface area is 107 Å². The maximum absolute atomic E-state index is 12.2. The van der Waals surface area contributed by atoms with Gasteiger partial charge in [0.05, 0.1) is 6.42 Å². The van der Waals surface area contributed by atoms with E-state index in [0.717, 1.165) is 0 Å². The van der Waals surface area contributed by atoms with Gasteiger partial charge in [-0.15, -0.1) is 0 Å². The van der Waals surface area contributed by atoms with Gasteiger partial charge < -0.3 is 0 Å². The van der Waals surface area contributed by atoms with E-state index in [-0.39, 0.29) is 23.8 Å². The lowest BCUT2D eigenvalue weighted by molar-refractivity contribution is -0.116. The van der Waals surface area contributed by atoms with Crippen LogP contribution in [0.5, 0.6) is 0 Å². The summed E-state index contributed by atoms with van der Waals surface area (Å²) in [5, 5.41) is 0. The highest BCUT2D eigenvalue weighted by Crippen LogP contribution is 2.23. The standard InChI is InChI=1S/C15H18O3/c1-10(16)9-13(17)11-7-5-6-8-12(11)14(18)15(2,3)4/h5-8H,9H2,1-4H3. The van der Waals surface area contributed by atoms with Gasteiger partial charge in [0.15, 0.2) is 11.6 Å². The molecule has 0 unspecified atom stereocenters. The van der Waals surface area contributed by atoms with Gasteiger partial charge in [-0.25, -0.2) is 0 Å². The molecule has 1 aromatic carbocycles. The molecule has 1 rings (SSSR count). The lowest BCUT2D eigenvalue weighted by Crippen LogP contribution is -2.23. The van der Waals surface area contributed by atoms with Crippen molar-refractivity contribution in [1.29, 1.82) is 0 Å². The second-order valence-corrected chi connectivity index (χ2v) is 5.43. The summed E-state index contributed by atoms with van der Waals surface area (Å²) >= 11 is 0. The van der Waals surface area contributed by atoms with Gasteiger partial charge in [0.25, 0.3) is 0 Å². The molecule has 0 aliphatic heterocycles. The molecule has 0 aliphatic rings. The molecule has 96 valence electrons. The topological polar surface area (TPSA) is 51.2 Å². The quantitative estimate of drug-likeness (QED) is 0.606. The minimum Gasteiger partial charge on any atom is -0.300 e. The average molecular weight is 246 g/mol. The molecule has 0 aromatic heterocycles. The molecule has 3 nitrogen and oxygen atoms in total. The van der Waals surface area contributed by atoms with E-state index in [1.807, 2.05) is 20.8 Å². The lowest BCUT2D eigenvalue weighted by Gasteiger charge is -2.18. The van der Waals surface area contributed by atoms with Gasteiger partial charge in [0.1, 0.15) is 5.78 Å².